The first kappa shape index (κ1) is 19.6. The normalized spacial score (nSPS) is 13.9. The maximum atomic E-state index is 13.0. The number of carbonyl (C=O) groups excluding carboxylic acids is 2. The van der Waals surface area contributed by atoms with Gasteiger partial charge in [0.05, 0.1) is 6.61 Å². The number of piperazine rings is 1. The van der Waals surface area contributed by atoms with Crippen LogP contribution in [0, 0.1) is 5.82 Å². The van der Waals surface area contributed by atoms with Crippen molar-refractivity contribution in [3.05, 3.63) is 59.7 Å². The van der Waals surface area contributed by atoms with E-state index in [-0.39, 0.29) is 17.8 Å². The third kappa shape index (κ3) is 4.97. The van der Waals surface area contributed by atoms with Crippen LogP contribution in [0.15, 0.2) is 42.6 Å². The van der Waals surface area contributed by atoms with E-state index in [1.165, 1.54) is 12.1 Å². The maximum Gasteiger partial charge on any atom is 0.409 e. The second kappa shape index (κ2) is 9.16. The minimum absolute atomic E-state index is 0.172. The smallest absolute Gasteiger partial charge is 0.409 e. The molecule has 3 rings (SSSR count). The van der Waals surface area contributed by atoms with Gasteiger partial charge < -0.3 is 19.9 Å². The number of anilines is 1. The van der Waals surface area contributed by atoms with Crippen molar-refractivity contribution in [3.8, 4) is 0 Å². The Morgan fingerprint density at radius 1 is 1.11 bits per heavy atom. The molecule has 0 saturated carbocycles. The molecule has 1 fully saturated rings. The van der Waals surface area contributed by atoms with Crippen LogP contribution in [0.25, 0.3) is 0 Å². The molecule has 8 heteroatoms. The third-order valence-electron chi connectivity index (χ3n) is 4.48. The molecule has 2 aromatic rings. The summed E-state index contributed by atoms with van der Waals surface area (Å²) >= 11 is 0. The molecule has 1 aromatic carbocycles. The number of rotatable bonds is 5. The first-order valence-electron chi connectivity index (χ1n) is 9.22. The molecule has 0 aliphatic carbocycles. The molecule has 2 amide bonds. The second-order valence-electron chi connectivity index (χ2n) is 6.39. The lowest BCUT2D eigenvalue weighted by atomic mass is 10.2. The Bertz CT molecular complexity index is 820. The van der Waals surface area contributed by atoms with E-state index in [1.807, 2.05) is 0 Å². The van der Waals surface area contributed by atoms with Gasteiger partial charge in [0, 0.05) is 44.6 Å². The lowest BCUT2D eigenvalue weighted by Gasteiger charge is -2.33. The molecule has 1 N–H and O–H groups in total. The van der Waals surface area contributed by atoms with Crippen LogP contribution in [0.2, 0.25) is 0 Å². The van der Waals surface area contributed by atoms with Gasteiger partial charge in [-0.15, -0.1) is 0 Å². The van der Waals surface area contributed by atoms with E-state index in [0.29, 0.717) is 45.0 Å². The number of aromatic nitrogens is 1. The first-order valence-corrected chi connectivity index (χ1v) is 9.22. The molecular weight excluding hydrogens is 363 g/mol. The highest BCUT2D eigenvalue weighted by Crippen LogP contribution is 2.14. The number of nitrogens with one attached hydrogen (secondary N) is 1. The van der Waals surface area contributed by atoms with Gasteiger partial charge in [-0.05, 0) is 36.8 Å². The zero-order chi connectivity index (χ0) is 19.9. The summed E-state index contributed by atoms with van der Waals surface area (Å²) in [6.45, 7) is 4.36. The van der Waals surface area contributed by atoms with Gasteiger partial charge in [0.15, 0.2) is 0 Å². The van der Waals surface area contributed by atoms with Gasteiger partial charge in [0.2, 0.25) is 0 Å². The van der Waals surface area contributed by atoms with Crippen LogP contribution < -0.4 is 5.32 Å². The number of hydrogen-bond acceptors (Lipinski definition) is 5. The average molecular weight is 386 g/mol. The van der Waals surface area contributed by atoms with Crippen LogP contribution in [0.5, 0.6) is 0 Å². The van der Waals surface area contributed by atoms with Crippen LogP contribution in [-0.4, -0.2) is 59.6 Å². The quantitative estimate of drug-likeness (QED) is 0.855. The molecule has 0 radical (unpaired) electrons. The van der Waals surface area contributed by atoms with Crippen LogP contribution in [-0.2, 0) is 11.3 Å². The Kier molecular flexibility index (Phi) is 6.41. The lowest BCUT2D eigenvalue weighted by Crippen LogP contribution is -2.50. The largest absolute Gasteiger partial charge is 0.450 e. The van der Waals surface area contributed by atoms with E-state index < -0.39 is 0 Å². The highest BCUT2D eigenvalue weighted by molar-refractivity contribution is 5.93. The molecule has 1 aliphatic heterocycles. The zero-order valence-electron chi connectivity index (χ0n) is 15.7. The van der Waals surface area contributed by atoms with Crippen molar-refractivity contribution < 1.29 is 18.7 Å². The highest BCUT2D eigenvalue weighted by atomic mass is 19.1. The molecule has 0 atom stereocenters. The molecule has 28 heavy (non-hydrogen) atoms. The van der Waals surface area contributed by atoms with Crippen LogP contribution in [0.1, 0.15) is 23.0 Å². The Morgan fingerprint density at radius 2 is 1.79 bits per heavy atom. The number of amides is 2. The molecule has 2 heterocycles. The van der Waals surface area contributed by atoms with Gasteiger partial charge in [0.1, 0.15) is 11.5 Å². The number of nitrogens with zero attached hydrogens (tertiary/aromatic N) is 3. The van der Waals surface area contributed by atoms with Gasteiger partial charge in [0.25, 0.3) is 5.91 Å². The summed E-state index contributed by atoms with van der Waals surface area (Å²) in [5, 5.41) is 3.21. The van der Waals surface area contributed by atoms with Gasteiger partial charge >= 0.3 is 6.09 Å². The minimum Gasteiger partial charge on any atom is -0.450 e. The topological polar surface area (TPSA) is 74.8 Å². The Morgan fingerprint density at radius 3 is 2.46 bits per heavy atom. The Balaban J connectivity index is 1.56. The second-order valence-corrected chi connectivity index (χ2v) is 6.39. The van der Waals surface area contributed by atoms with Gasteiger partial charge in [-0.1, -0.05) is 12.1 Å². The van der Waals surface area contributed by atoms with E-state index in [9.17, 15) is 14.0 Å². The number of pyridine rings is 1. The Hall–Kier alpha value is -3.16. The van der Waals surface area contributed by atoms with E-state index in [1.54, 1.807) is 47.2 Å². The monoisotopic (exact) mass is 386 g/mol. The van der Waals surface area contributed by atoms with E-state index in [2.05, 4.69) is 10.3 Å². The van der Waals surface area contributed by atoms with Crippen LogP contribution >= 0.6 is 0 Å². The summed E-state index contributed by atoms with van der Waals surface area (Å²) in [5.41, 5.74) is 2.03. The Labute approximate surface area is 163 Å². The molecule has 0 spiro atoms. The van der Waals surface area contributed by atoms with Gasteiger partial charge in [-0.2, -0.15) is 0 Å². The molecule has 7 nitrogen and oxygen atoms in total. The van der Waals surface area contributed by atoms with Crippen molar-refractivity contribution in [2.75, 3.05) is 38.1 Å². The number of ether oxygens (including phenoxy) is 1. The fraction of sp³-hybridized carbons (Fsp3) is 0.350. The molecule has 1 aromatic heterocycles. The summed E-state index contributed by atoms with van der Waals surface area (Å²) in [7, 11) is 0. The van der Waals surface area contributed by atoms with E-state index in [0.717, 1.165) is 11.3 Å². The third-order valence-corrected chi connectivity index (χ3v) is 4.48. The zero-order valence-corrected chi connectivity index (χ0v) is 15.7. The fourth-order valence-corrected chi connectivity index (χ4v) is 2.93. The molecule has 148 valence electrons. The summed E-state index contributed by atoms with van der Waals surface area (Å²) in [5.74, 6) is -0.447. The summed E-state index contributed by atoms with van der Waals surface area (Å²) in [6.07, 6.45) is 1.23. The van der Waals surface area contributed by atoms with Gasteiger partial charge in [-0.3, -0.25) is 9.78 Å². The molecule has 1 saturated heterocycles. The van der Waals surface area contributed by atoms with Gasteiger partial charge in [-0.25, -0.2) is 9.18 Å². The number of benzene rings is 1. The lowest BCUT2D eigenvalue weighted by molar-refractivity contribution is 0.0566. The minimum atomic E-state index is -0.347. The summed E-state index contributed by atoms with van der Waals surface area (Å²) < 4.78 is 18.0. The fourth-order valence-electron chi connectivity index (χ4n) is 2.93. The first-order chi connectivity index (χ1) is 13.6. The molecular formula is C20H23FN4O3. The standard InChI is InChI=1S/C20H23FN4O3/c1-2-28-20(27)25-11-9-24(10-12-25)19(26)18-13-17(7-8-22-18)23-14-15-3-5-16(21)6-4-15/h3-8,13H,2,9-12,14H2,1H3,(H,22,23). The molecule has 1 aliphatic rings. The summed E-state index contributed by atoms with van der Waals surface area (Å²) in [4.78, 5) is 31.9. The van der Waals surface area contributed by atoms with Crippen LogP contribution in [0.4, 0.5) is 14.9 Å². The predicted molar refractivity (Wildman–Crippen MR) is 102 cm³/mol. The number of hydrogen-bond donors (Lipinski definition) is 1. The van der Waals surface area contributed by atoms with Crippen molar-refractivity contribution in [3.63, 3.8) is 0 Å². The number of carbonyl (C=O) groups is 2. The summed E-state index contributed by atoms with van der Waals surface area (Å²) in [6, 6.07) is 9.71. The van der Waals surface area contributed by atoms with Crippen molar-refractivity contribution in [2.24, 2.45) is 0 Å². The molecule has 0 unspecified atom stereocenters. The van der Waals surface area contributed by atoms with Crippen molar-refractivity contribution >= 4 is 17.7 Å². The highest BCUT2D eigenvalue weighted by Gasteiger charge is 2.26. The average Bonchev–Trinajstić information content (AvgIpc) is 2.73. The van der Waals surface area contributed by atoms with Crippen molar-refractivity contribution in [1.82, 2.24) is 14.8 Å². The van der Waals surface area contributed by atoms with Crippen molar-refractivity contribution in [2.45, 2.75) is 13.5 Å². The molecule has 0 bridgehead atoms. The van der Waals surface area contributed by atoms with Crippen molar-refractivity contribution in [1.29, 1.82) is 0 Å². The number of halogens is 1. The van der Waals surface area contributed by atoms with E-state index >= 15 is 0 Å². The van der Waals surface area contributed by atoms with Crippen LogP contribution in [0.3, 0.4) is 0 Å². The SMILES string of the molecule is CCOC(=O)N1CCN(C(=O)c2cc(NCc3ccc(F)cc3)ccn2)CC1. The maximum absolute atomic E-state index is 13.0. The predicted octanol–water partition coefficient (Wildman–Crippen LogP) is 2.75. The van der Waals surface area contributed by atoms with E-state index in [4.69, 9.17) is 4.74 Å².